The van der Waals surface area contributed by atoms with Crippen molar-refractivity contribution in [3.63, 3.8) is 0 Å². The van der Waals surface area contributed by atoms with E-state index >= 15 is 0 Å². The summed E-state index contributed by atoms with van der Waals surface area (Å²) in [6.45, 7) is 1.94. The van der Waals surface area contributed by atoms with Crippen LogP contribution in [0.15, 0.2) is 72.8 Å². The largest absolute Gasteiger partial charge is 0.497 e. The minimum absolute atomic E-state index is 0.340. The summed E-state index contributed by atoms with van der Waals surface area (Å²) in [5, 5.41) is 2.86. The molecule has 0 aliphatic carbocycles. The van der Waals surface area contributed by atoms with E-state index < -0.39 is 12.1 Å². The Morgan fingerprint density at radius 2 is 1.69 bits per heavy atom. The van der Waals surface area contributed by atoms with Crippen LogP contribution >= 0.6 is 0 Å². The number of aryl methyl sites for hydroxylation is 1. The van der Waals surface area contributed by atoms with E-state index in [1.54, 1.807) is 54.4 Å². The smallest absolute Gasteiger partial charge is 0.304 e. The van der Waals surface area contributed by atoms with E-state index in [1.807, 2.05) is 31.2 Å². The lowest BCUT2D eigenvalue weighted by atomic mass is 9.99. The van der Waals surface area contributed by atoms with E-state index in [9.17, 15) is 14.0 Å². The van der Waals surface area contributed by atoms with Crippen molar-refractivity contribution in [1.29, 1.82) is 0 Å². The molecule has 162 valence electrons. The van der Waals surface area contributed by atoms with Crippen molar-refractivity contribution in [2.45, 2.75) is 19.0 Å². The Morgan fingerprint density at radius 3 is 2.31 bits per heavy atom. The summed E-state index contributed by atoms with van der Waals surface area (Å²) >= 11 is 0. The normalized spacial score (nSPS) is 19.0. The molecule has 7 heteroatoms. The number of ether oxygens (including phenoxy) is 1. The first kappa shape index (κ1) is 21.2. The number of hydrazine groups is 1. The van der Waals surface area contributed by atoms with Gasteiger partial charge < -0.3 is 10.1 Å². The maximum absolute atomic E-state index is 13.3. The first-order valence-electron chi connectivity index (χ1n) is 10.2. The molecule has 3 aromatic rings. The standard InChI is InChI=1S/C25H22FN3O3/c1-16-3-7-19(8-4-16)24(30)27-22-23(18-9-13-21(32-2)14-10-18)29(28-25(22)31)15-17-5-11-20(26)12-6-17/h3-15,22-23H,1-2H3,(H-,27,28,30,31)/p+1/b29-15-/t22-,23-/m1/s1. The highest BCUT2D eigenvalue weighted by Crippen LogP contribution is 2.27. The second-order valence-corrected chi connectivity index (χ2v) is 7.60. The van der Waals surface area contributed by atoms with Crippen LogP contribution in [0.5, 0.6) is 5.75 Å². The van der Waals surface area contributed by atoms with E-state index in [2.05, 4.69) is 10.7 Å². The van der Waals surface area contributed by atoms with E-state index in [-0.39, 0.29) is 17.6 Å². The molecule has 4 rings (SSSR count). The third-order valence-electron chi connectivity index (χ3n) is 5.35. The Labute approximate surface area is 185 Å². The summed E-state index contributed by atoms with van der Waals surface area (Å²) < 4.78 is 20.2. The second kappa shape index (κ2) is 9.01. The highest BCUT2D eigenvalue weighted by atomic mass is 19.1. The molecule has 2 N–H and O–H groups in total. The molecule has 0 unspecified atom stereocenters. The molecule has 0 radical (unpaired) electrons. The average Bonchev–Trinajstić information content (AvgIpc) is 3.10. The molecule has 0 aromatic heterocycles. The number of carbonyl (C=O) groups is 2. The molecule has 6 nitrogen and oxygen atoms in total. The molecular weight excluding hydrogens is 409 g/mol. The number of hydrogen-bond acceptors (Lipinski definition) is 3. The van der Waals surface area contributed by atoms with Crippen LogP contribution in [0.4, 0.5) is 4.39 Å². The molecule has 1 fully saturated rings. The van der Waals surface area contributed by atoms with Crippen LogP contribution in [0.25, 0.3) is 0 Å². The van der Waals surface area contributed by atoms with Crippen LogP contribution in [0.1, 0.15) is 33.1 Å². The van der Waals surface area contributed by atoms with E-state index in [0.717, 1.165) is 11.1 Å². The van der Waals surface area contributed by atoms with Crippen molar-refractivity contribution in [1.82, 2.24) is 10.7 Å². The summed E-state index contributed by atoms with van der Waals surface area (Å²) in [5.41, 5.74) is 5.82. The third-order valence-corrected chi connectivity index (χ3v) is 5.35. The first-order valence-corrected chi connectivity index (χ1v) is 10.2. The van der Waals surface area contributed by atoms with Crippen LogP contribution in [0.2, 0.25) is 0 Å². The predicted octanol–water partition coefficient (Wildman–Crippen LogP) is 3.16. The number of hydrogen-bond donors (Lipinski definition) is 2. The fourth-order valence-electron chi connectivity index (χ4n) is 3.62. The number of nitrogens with zero attached hydrogens (tertiary/aromatic N) is 1. The molecule has 1 saturated heterocycles. The number of nitrogens with one attached hydrogen (secondary N) is 2. The lowest BCUT2D eigenvalue weighted by Gasteiger charge is -2.15. The highest BCUT2D eigenvalue weighted by molar-refractivity contribution is 5.98. The SMILES string of the molecule is COc1ccc([C@@H]2[C@@H](NC(=O)c3ccc(C)cc3)C(=O)N/[N+]2=C\c2ccc(F)cc2)cc1. The van der Waals surface area contributed by atoms with Crippen molar-refractivity contribution in [2.75, 3.05) is 7.11 Å². The maximum Gasteiger partial charge on any atom is 0.304 e. The Bertz CT molecular complexity index is 1160. The Hall–Kier alpha value is -4.00. The van der Waals surface area contributed by atoms with Crippen LogP contribution in [-0.2, 0) is 4.79 Å². The number of carbonyl (C=O) groups excluding carboxylic acids is 2. The van der Waals surface area contributed by atoms with Gasteiger partial charge in [-0.3, -0.25) is 9.59 Å². The number of hydrazone groups is 1. The molecule has 3 aromatic carbocycles. The van der Waals surface area contributed by atoms with Crippen LogP contribution in [0, 0.1) is 12.7 Å². The lowest BCUT2D eigenvalue weighted by molar-refractivity contribution is -0.596. The predicted molar refractivity (Wildman–Crippen MR) is 118 cm³/mol. The van der Waals surface area contributed by atoms with Gasteiger partial charge in [0.15, 0.2) is 6.04 Å². The summed E-state index contributed by atoms with van der Waals surface area (Å²) in [5.74, 6) is -0.347. The maximum atomic E-state index is 13.3. The van der Waals surface area contributed by atoms with Gasteiger partial charge in [-0.05, 0) is 67.6 Å². The molecule has 1 aliphatic heterocycles. The van der Waals surface area contributed by atoms with Gasteiger partial charge in [-0.1, -0.05) is 17.7 Å². The van der Waals surface area contributed by atoms with Gasteiger partial charge in [-0.2, -0.15) is 0 Å². The van der Waals surface area contributed by atoms with Crippen molar-refractivity contribution in [3.8, 4) is 5.75 Å². The fraction of sp³-hybridized carbons (Fsp3) is 0.160. The quantitative estimate of drug-likeness (QED) is 0.609. The molecule has 1 heterocycles. The molecule has 0 bridgehead atoms. The van der Waals surface area contributed by atoms with Crippen molar-refractivity contribution >= 4 is 18.0 Å². The van der Waals surface area contributed by atoms with Gasteiger partial charge in [-0.25, -0.2) is 4.39 Å². The molecule has 0 saturated carbocycles. The molecule has 1 aliphatic rings. The number of halogens is 1. The van der Waals surface area contributed by atoms with Gasteiger partial charge in [0.1, 0.15) is 11.6 Å². The molecule has 32 heavy (non-hydrogen) atoms. The molecular formula is C25H23FN3O3+. The van der Waals surface area contributed by atoms with Gasteiger partial charge in [0.2, 0.25) is 12.3 Å². The van der Waals surface area contributed by atoms with E-state index in [0.29, 0.717) is 16.9 Å². The van der Waals surface area contributed by atoms with Gasteiger partial charge in [-0.15, -0.1) is 10.1 Å². The van der Waals surface area contributed by atoms with Crippen molar-refractivity contribution in [2.24, 2.45) is 0 Å². The Balaban J connectivity index is 1.69. The Morgan fingerprint density at radius 1 is 1.03 bits per heavy atom. The monoisotopic (exact) mass is 432 g/mol. The van der Waals surface area contributed by atoms with Crippen LogP contribution < -0.4 is 15.5 Å². The van der Waals surface area contributed by atoms with Gasteiger partial charge in [0, 0.05) is 16.7 Å². The summed E-state index contributed by atoms with van der Waals surface area (Å²) in [6.07, 6.45) is 1.71. The summed E-state index contributed by atoms with van der Waals surface area (Å²) in [6, 6.07) is 19.0. The van der Waals surface area contributed by atoms with Gasteiger partial charge in [0.05, 0.1) is 7.11 Å². The van der Waals surface area contributed by atoms with Gasteiger partial charge >= 0.3 is 5.91 Å². The lowest BCUT2D eigenvalue weighted by Crippen LogP contribution is -2.42. The number of benzene rings is 3. The topological polar surface area (TPSA) is 70.4 Å². The zero-order valence-corrected chi connectivity index (χ0v) is 17.7. The van der Waals surface area contributed by atoms with Crippen LogP contribution in [0.3, 0.4) is 0 Å². The second-order valence-electron chi connectivity index (χ2n) is 7.60. The molecule has 0 spiro atoms. The average molecular weight is 432 g/mol. The van der Waals surface area contributed by atoms with E-state index in [4.69, 9.17) is 4.74 Å². The van der Waals surface area contributed by atoms with Crippen molar-refractivity contribution in [3.05, 3.63) is 101 Å². The number of amides is 2. The van der Waals surface area contributed by atoms with Gasteiger partial charge in [0.25, 0.3) is 5.91 Å². The number of methoxy groups -OCH3 is 1. The molecule has 2 atom stereocenters. The zero-order chi connectivity index (χ0) is 22.7. The summed E-state index contributed by atoms with van der Waals surface area (Å²) in [7, 11) is 1.58. The third kappa shape index (κ3) is 4.51. The first-order chi connectivity index (χ1) is 15.4. The fourth-order valence-corrected chi connectivity index (χ4v) is 3.62. The van der Waals surface area contributed by atoms with Crippen molar-refractivity contribution < 1.29 is 23.4 Å². The molecule has 2 amide bonds. The van der Waals surface area contributed by atoms with E-state index in [1.165, 1.54) is 12.1 Å². The minimum atomic E-state index is -0.839. The van der Waals surface area contributed by atoms with Crippen LogP contribution in [-0.4, -0.2) is 35.9 Å². The zero-order valence-electron chi connectivity index (χ0n) is 17.7. The summed E-state index contributed by atoms with van der Waals surface area (Å²) in [4.78, 5) is 25.7. The number of rotatable bonds is 5. The highest BCUT2D eigenvalue weighted by Gasteiger charge is 2.47. The minimum Gasteiger partial charge on any atom is -0.497 e. The Kier molecular flexibility index (Phi) is 5.98.